The van der Waals surface area contributed by atoms with Gasteiger partial charge in [-0.15, -0.1) is 0 Å². The second kappa shape index (κ2) is 14.6. The molecule has 0 unspecified atom stereocenters. The van der Waals surface area contributed by atoms with E-state index in [1.54, 1.807) is 12.1 Å². The Morgan fingerprint density at radius 1 is 0.696 bits per heavy atom. The molecule has 0 bridgehead atoms. The van der Waals surface area contributed by atoms with Crippen molar-refractivity contribution < 1.29 is 5.11 Å². The fourth-order valence-corrected chi connectivity index (χ4v) is 2.94. The molecule has 1 aromatic carbocycles. The van der Waals surface area contributed by atoms with Crippen LogP contribution in [0, 0.1) is 0 Å². The van der Waals surface area contributed by atoms with Gasteiger partial charge in [0.1, 0.15) is 5.75 Å². The minimum atomic E-state index is 0.354. The lowest BCUT2D eigenvalue weighted by Gasteiger charge is -2.05. The molecule has 2 N–H and O–H groups in total. The molecule has 0 aliphatic carbocycles. The molecule has 2 heteroatoms. The zero-order chi connectivity index (χ0) is 16.6. The molecule has 23 heavy (non-hydrogen) atoms. The second-order valence-electron chi connectivity index (χ2n) is 6.70. The molecule has 0 saturated heterocycles. The number of nitrogens with one attached hydrogen (secondary N) is 1. The first-order chi connectivity index (χ1) is 11.3. The summed E-state index contributed by atoms with van der Waals surface area (Å²) in [5.41, 5.74) is 1.31. The number of rotatable bonds is 15. The highest BCUT2D eigenvalue weighted by atomic mass is 16.3. The minimum Gasteiger partial charge on any atom is -0.508 e. The van der Waals surface area contributed by atoms with Crippen molar-refractivity contribution in [3.63, 3.8) is 0 Å². The van der Waals surface area contributed by atoms with Crippen LogP contribution in [0.1, 0.15) is 83.1 Å². The van der Waals surface area contributed by atoms with Gasteiger partial charge in [0.2, 0.25) is 0 Å². The summed E-state index contributed by atoms with van der Waals surface area (Å²) in [6.45, 7) is 4.53. The van der Waals surface area contributed by atoms with E-state index < -0.39 is 0 Å². The van der Waals surface area contributed by atoms with E-state index in [-0.39, 0.29) is 0 Å². The van der Waals surface area contributed by atoms with E-state index in [4.69, 9.17) is 0 Å². The van der Waals surface area contributed by atoms with Crippen molar-refractivity contribution in [2.24, 2.45) is 0 Å². The molecular formula is C21H37NO. The topological polar surface area (TPSA) is 32.3 Å². The Labute approximate surface area is 143 Å². The quantitative estimate of drug-likeness (QED) is 0.398. The van der Waals surface area contributed by atoms with Gasteiger partial charge in [-0.3, -0.25) is 0 Å². The van der Waals surface area contributed by atoms with Gasteiger partial charge in [-0.05, 0) is 50.0 Å². The maximum atomic E-state index is 9.24. The monoisotopic (exact) mass is 319 g/mol. The average molecular weight is 320 g/mol. The Kier molecular flexibility index (Phi) is 12.7. The van der Waals surface area contributed by atoms with Crippen molar-refractivity contribution in [3.05, 3.63) is 29.8 Å². The van der Waals surface area contributed by atoms with Crippen molar-refractivity contribution in [2.45, 2.75) is 84.0 Å². The zero-order valence-electron chi connectivity index (χ0n) is 15.2. The number of unbranched alkanes of at least 4 members (excludes halogenated alkanes) is 9. The van der Waals surface area contributed by atoms with Crippen LogP contribution in [0.5, 0.6) is 5.75 Å². The van der Waals surface area contributed by atoms with Crippen LogP contribution in [-0.2, 0) is 6.42 Å². The van der Waals surface area contributed by atoms with Gasteiger partial charge >= 0.3 is 0 Å². The Balaban J connectivity index is 1.77. The number of benzene rings is 1. The molecule has 0 aromatic heterocycles. The highest BCUT2D eigenvalue weighted by molar-refractivity contribution is 5.25. The van der Waals surface area contributed by atoms with Crippen LogP contribution in [-0.4, -0.2) is 18.2 Å². The molecule has 0 aliphatic heterocycles. The van der Waals surface area contributed by atoms with Gasteiger partial charge in [0, 0.05) is 0 Å². The summed E-state index contributed by atoms with van der Waals surface area (Å²) in [6, 6.07) is 7.56. The van der Waals surface area contributed by atoms with E-state index in [0.717, 1.165) is 19.5 Å². The van der Waals surface area contributed by atoms with Crippen LogP contribution in [0.25, 0.3) is 0 Å². The average Bonchev–Trinajstić information content (AvgIpc) is 2.57. The molecule has 1 rings (SSSR count). The Morgan fingerprint density at radius 2 is 1.22 bits per heavy atom. The molecule has 1 aromatic rings. The number of aromatic hydroxyl groups is 1. The zero-order valence-corrected chi connectivity index (χ0v) is 15.2. The van der Waals surface area contributed by atoms with Gasteiger partial charge in [0.15, 0.2) is 0 Å². The van der Waals surface area contributed by atoms with Crippen LogP contribution in [0.2, 0.25) is 0 Å². The van der Waals surface area contributed by atoms with Crippen molar-refractivity contribution in [1.82, 2.24) is 5.32 Å². The van der Waals surface area contributed by atoms with Crippen LogP contribution in [0.4, 0.5) is 0 Å². The number of hydrogen-bond acceptors (Lipinski definition) is 2. The van der Waals surface area contributed by atoms with Crippen molar-refractivity contribution >= 4 is 0 Å². The van der Waals surface area contributed by atoms with Gasteiger partial charge in [0.25, 0.3) is 0 Å². The lowest BCUT2D eigenvalue weighted by Crippen LogP contribution is -2.17. The van der Waals surface area contributed by atoms with Crippen LogP contribution in [0.3, 0.4) is 0 Å². The Hall–Kier alpha value is -1.02. The van der Waals surface area contributed by atoms with E-state index in [0.29, 0.717) is 5.75 Å². The van der Waals surface area contributed by atoms with E-state index in [2.05, 4.69) is 12.2 Å². The first-order valence-electron chi connectivity index (χ1n) is 9.81. The summed E-state index contributed by atoms with van der Waals surface area (Å²) in [6.07, 6.45) is 16.3. The van der Waals surface area contributed by atoms with Gasteiger partial charge < -0.3 is 10.4 Å². The predicted molar refractivity (Wildman–Crippen MR) is 101 cm³/mol. The summed E-state index contributed by atoms with van der Waals surface area (Å²) < 4.78 is 0. The molecular weight excluding hydrogens is 282 g/mol. The summed E-state index contributed by atoms with van der Waals surface area (Å²) >= 11 is 0. The maximum Gasteiger partial charge on any atom is 0.115 e. The third-order valence-corrected chi connectivity index (χ3v) is 4.46. The SMILES string of the molecule is CCCCCCCCCCCCNCCCc1ccc(O)cc1. The third-order valence-electron chi connectivity index (χ3n) is 4.46. The molecule has 0 atom stereocenters. The highest BCUT2D eigenvalue weighted by Gasteiger charge is 1.95. The second-order valence-corrected chi connectivity index (χ2v) is 6.70. The largest absolute Gasteiger partial charge is 0.508 e. The Morgan fingerprint density at radius 3 is 1.83 bits per heavy atom. The van der Waals surface area contributed by atoms with E-state index in [1.807, 2.05) is 12.1 Å². The fraction of sp³-hybridized carbons (Fsp3) is 0.714. The third kappa shape index (κ3) is 12.1. The smallest absolute Gasteiger partial charge is 0.115 e. The molecule has 0 spiro atoms. The Bertz CT molecular complexity index is 361. The van der Waals surface area contributed by atoms with Gasteiger partial charge in [-0.2, -0.15) is 0 Å². The van der Waals surface area contributed by atoms with E-state index >= 15 is 0 Å². The molecule has 0 heterocycles. The molecule has 0 radical (unpaired) electrons. The number of aryl methyl sites for hydroxylation is 1. The van der Waals surface area contributed by atoms with Crippen molar-refractivity contribution in [2.75, 3.05) is 13.1 Å². The predicted octanol–water partition coefficient (Wildman–Crippen LogP) is 5.84. The maximum absolute atomic E-state index is 9.24. The lowest BCUT2D eigenvalue weighted by atomic mass is 10.1. The van der Waals surface area contributed by atoms with Crippen LogP contribution >= 0.6 is 0 Å². The fourth-order valence-electron chi connectivity index (χ4n) is 2.94. The normalized spacial score (nSPS) is 11.0. The number of hydrogen-bond donors (Lipinski definition) is 2. The molecule has 0 amide bonds. The molecule has 132 valence electrons. The van der Waals surface area contributed by atoms with Gasteiger partial charge in [0.05, 0.1) is 0 Å². The summed E-state index contributed by atoms with van der Waals surface area (Å²) in [5, 5.41) is 12.8. The van der Waals surface area contributed by atoms with E-state index in [9.17, 15) is 5.11 Å². The standard InChI is InChI=1S/C21H37NO/c1-2-3-4-5-6-7-8-9-10-11-18-22-19-12-13-20-14-16-21(23)17-15-20/h14-17,22-23H,2-13,18-19H2,1H3. The molecule has 0 saturated carbocycles. The van der Waals surface area contributed by atoms with E-state index in [1.165, 1.54) is 76.2 Å². The summed E-state index contributed by atoms with van der Waals surface area (Å²) in [5.74, 6) is 0.354. The first-order valence-corrected chi connectivity index (χ1v) is 9.81. The van der Waals surface area contributed by atoms with Gasteiger partial charge in [-0.1, -0.05) is 76.8 Å². The molecule has 0 aliphatic rings. The summed E-state index contributed by atoms with van der Waals surface area (Å²) in [7, 11) is 0. The highest BCUT2D eigenvalue weighted by Crippen LogP contribution is 2.11. The van der Waals surface area contributed by atoms with Crippen molar-refractivity contribution in [3.8, 4) is 5.75 Å². The van der Waals surface area contributed by atoms with Gasteiger partial charge in [-0.25, -0.2) is 0 Å². The lowest BCUT2D eigenvalue weighted by molar-refractivity contribution is 0.475. The number of phenolic OH excluding ortho intramolecular Hbond substituents is 1. The summed E-state index contributed by atoms with van der Waals surface area (Å²) in [4.78, 5) is 0. The van der Waals surface area contributed by atoms with Crippen LogP contribution in [0.15, 0.2) is 24.3 Å². The van der Waals surface area contributed by atoms with Crippen LogP contribution < -0.4 is 5.32 Å². The van der Waals surface area contributed by atoms with Crippen molar-refractivity contribution in [1.29, 1.82) is 0 Å². The first kappa shape index (κ1) is 20.0. The number of phenols is 1. The minimum absolute atomic E-state index is 0.354. The molecule has 2 nitrogen and oxygen atoms in total. The molecule has 0 fully saturated rings.